The number of hydrogen-bond acceptors (Lipinski definition) is 4. The minimum Gasteiger partial charge on any atom is -0.341 e. The zero-order valence-electron chi connectivity index (χ0n) is 11.9. The molecule has 20 heavy (non-hydrogen) atoms. The number of benzene rings is 1. The highest BCUT2D eigenvalue weighted by atomic mass is 16.6. The Morgan fingerprint density at radius 3 is 2.80 bits per heavy atom. The van der Waals surface area contributed by atoms with Crippen LogP contribution in [0.25, 0.3) is 0 Å². The third kappa shape index (κ3) is 4.97. The lowest BCUT2D eigenvalue weighted by Gasteiger charge is -2.18. The highest BCUT2D eigenvalue weighted by Gasteiger charge is 2.12. The molecule has 1 aromatic rings. The summed E-state index contributed by atoms with van der Waals surface area (Å²) in [5.41, 5.74) is 6.31. The van der Waals surface area contributed by atoms with Crippen LogP contribution in [0.15, 0.2) is 24.3 Å². The number of non-ortho nitro benzene ring substituents is 1. The van der Waals surface area contributed by atoms with Crippen LogP contribution in [0.3, 0.4) is 0 Å². The summed E-state index contributed by atoms with van der Waals surface area (Å²) < 4.78 is 0. The fourth-order valence-electron chi connectivity index (χ4n) is 1.81. The fourth-order valence-corrected chi connectivity index (χ4v) is 1.81. The highest BCUT2D eigenvalue weighted by molar-refractivity contribution is 5.75. The largest absolute Gasteiger partial charge is 0.341 e. The first-order valence-corrected chi connectivity index (χ1v) is 6.61. The molecule has 0 bridgehead atoms. The van der Waals surface area contributed by atoms with E-state index < -0.39 is 4.92 Å². The average Bonchev–Trinajstić information content (AvgIpc) is 2.44. The van der Waals surface area contributed by atoms with E-state index in [4.69, 9.17) is 5.73 Å². The molecule has 6 heteroatoms. The van der Waals surface area contributed by atoms with E-state index in [0.717, 1.165) is 12.0 Å². The Morgan fingerprint density at radius 2 is 2.20 bits per heavy atom. The molecule has 2 N–H and O–H groups in total. The van der Waals surface area contributed by atoms with Gasteiger partial charge in [-0.05, 0) is 24.4 Å². The van der Waals surface area contributed by atoms with Crippen molar-refractivity contribution in [2.75, 3.05) is 13.6 Å². The maximum absolute atomic E-state index is 11.9. The molecule has 1 rings (SSSR count). The van der Waals surface area contributed by atoms with Crippen LogP contribution in [0.2, 0.25) is 0 Å². The summed E-state index contributed by atoms with van der Waals surface area (Å²) in [6.07, 6.45) is 1.21. The van der Waals surface area contributed by atoms with E-state index in [0.29, 0.717) is 25.4 Å². The highest BCUT2D eigenvalue weighted by Crippen LogP contribution is 2.15. The summed E-state index contributed by atoms with van der Waals surface area (Å²) in [6, 6.07) is 6.34. The molecular weight excluding hydrogens is 258 g/mol. The molecule has 0 spiro atoms. The van der Waals surface area contributed by atoms with Gasteiger partial charge in [0.25, 0.3) is 5.69 Å². The third-order valence-electron chi connectivity index (χ3n) is 3.22. The first-order valence-electron chi connectivity index (χ1n) is 6.61. The van der Waals surface area contributed by atoms with Gasteiger partial charge in [-0.2, -0.15) is 0 Å². The summed E-state index contributed by atoms with van der Waals surface area (Å²) >= 11 is 0. The van der Waals surface area contributed by atoms with E-state index in [-0.39, 0.29) is 11.6 Å². The van der Waals surface area contributed by atoms with E-state index in [1.165, 1.54) is 12.1 Å². The van der Waals surface area contributed by atoms with E-state index in [1.54, 1.807) is 24.1 Å². The Morgan fingerprint density at radius 1 is 1.50 bits per heavy atom. The lowest BCUT2D eigenvalue weighted by molar-refractivity contribution is -0.384. The van der Waals surface area contributed by atoms with Crippen LogP contribution in [-0.4, -0.2) is 29.3 Å². The molecule has 0 aliphatic heterocycles. The Labute approximate surface area is 118 Å². The number of rotatable bonds is 7. The second kappa shape index (κ2) is 7.59. The zero-order chi connectivity index (χ0) is 15.1. The van der Waals surface area contributed by atoms with E-state index in [1.807, 2.05) is 6.92 Å². The van der Waals surface area contributed by atoms with Gasteiger partial charge >= 0.3 is 0 Å². The minimum absolute atomic E-state index is 0.0248. The molecular formula is C14H21N3O3. The van der Waals surface area contributed by atoms with Gasteiger partial charge in [0.1, 0.15) is 0 Å². The molecule has 0 aromatic heterocycles. The Bertz CT molecular complexity index is 476. The molecule has 1 atom stereocenters. The van der Waals surface area contributed by atoms with Gasteiger partial charge in [0.2, 0.25) is 5.91 Å². The van der Waals surface area contributed by atoms with Gasteiger partial charge in [-0.15, -0.1) is 0 Å². The van der Waals surface area contributed by atoms with Crippen LogP contribution in [0, 0.1) is 16.0 Å². The van der Waals surface area contributed by atoms with Crippen molar-refractivity contribution in [1.29, 1.82) is 0 Å². The van der Waals surface area contributed by atoms with Crippen molar-refractivity contribution >= 4 is 11.6 Å². The standard InChI is InChI=1S/C14H21N3O3/c1-11(9-15)6-7-14(18)16(2)10-12-4-3-5-13(8-12)17(19)20/h3-5,8,11H,6-7,9-10,15H2,1-2H3. The van der Waals surface area contributed by atoms with Crippen LogP contribution in [-0.2, 0) is 11.3 Å². The molecule has 0 aliphatic rings. The van der Waals surface area contributed by atoms with Gasteiger partial charge in [0, 0.05) is 32.1 Å². The van der Waals surface area contributed by atoms with Crippen LogP contribution < -0.4 is 5.73 Å². The molecule has 0 heterocycles. The fraction of sp³-hybridized carbons (Fsp3) is 0.500. The van der Waals surface area contributed by atoms with E-state index in [2.05, 4.69) is 0 Å². The first-order chi connectivity index (χ1) is 9.43. The number of nitrogens with zero attached hydrogens (tertiary/aromatic N) is 2. The third-order valence-corrected chi connectivity index (χ3v) is 3.22. The summed E-state index contributed by atoms with van der Waals surface area (Å²) in [6.45, 7) is 2.95. The predicted molar refractivity (Wildman–Crippen MR) is 77.0 cm³/mol. The van der Waals surface area contributed by atoms with Crippen molar-refractivity contribution in [3.8, 4) is 0 Å². The van der Waals surface area contributed by atoms with Gasteiger partial charge in [-0.25, -0.2) is 0 Å². The van der Waals surface area contributed by atoms with Crippen LogP contribution in [0.4, 0.5) is 5.69 Å². The number of hydrogen-bond donors (Lipinski definition) is 1. The number of carbonyl (C=O) groups is 1. The van der Waals surface area contributed by atoms with Crippen LogP contribution in [0.1, 0.15) is 25.3 Å². The summed E-state index contributed by atoms with van der Waals surface area (Å²) in [7, 11) is 1.70. The number of carbonyl (C=O) groups excluding carboxylic acids is 1. The summed E-state index contributed by atoms with van der Waals surface area (Å²) in [4.78, 5) is 23.8. The zero-order valence-corrected chi connectivity index (χ0v) is 11.9. The smallest absolute Gasteiger partial charge is 0.269 e. The van der Waals surface area contributed by atoms with Gasteiger partial charge in [-0.1, -0.05) is 19.1 Å². The monoisotopic (exact) mass is 279 g/mol. The van der Waals surface area contributed by atoms with Crippen molar-refractivity contribution in [3.63, 3.8) is 0 Å². The molecule has 1 amide bonds. The lowest BCUT2D eigenvalue weighted by Crippen LogP contribution is -2.27. The quantitative estimate of drug-likeness (QED) is 0.610. The molecule has 1 unspecified atom stereocenters. The Kier molecular flexibility index (Phi) is 6.11. The van der Waals surface area contributed by atoms with Gasteiger partial charge in [0.15, 0.2) is 0 Å². The maximum atomic E-state index is 11.9. The van der Waals surface area contributed by atoms with Crippen molar-refractivity contribution in [2.45, 2.75) is 26.3 Å². The van der Waals surface area contributed by atoms with Crippen molar-refractivity contribution in [1.82, 2.24) is 4.90 Å². The van der Waals surface area contributed by atoms with E-state index in [9.17, 15) is 14.9 Å². The molecule has 110 valence electrons. The number of amides is 1. The SMILES string of the molecule is CC(CN)CCC(=O)N(C)Cc1cccc([N+](=O)[O-])c1. The Balaban J connectivity index is 2.57. The molecule has 0 aliphatic carbocycles. The second-order valence-electron chi connectivity index (χ2n) is 5.06. The minimum atomic E-state index is -0.436. The van der Waals surface area contributed by atoms with Gasteiger partial charge in [0.05, 0.1) is 4.92 Å². The molecule has 0 saturated carbocycles. The first kappa shape index (κ1) is 16.1. The number of nitro groups is 1. The van der Waals surface area contributed by atoms with Crippen LogP contribution >= 0.6 is 0 Å². The van der Waals surface area contributed by atoms with Gasteiger partial charge < -0.3 is 10.6 Å². The predicted octanol–water partition coefficient (Wildman–Crippen LogP) is 1.93. The molecule has 0 fully saturated rings. The van der Waals surface area contributed by atoms with Crippen molar-refractivity contribution in [3.05, 3.63) is 39.9 Å². The van der Waals surface area contributed by atoms with Crippen LogP contribution in [0.5, 0.6) is 0 Å². The summed E-state index contributed by atoms with van der Waals surface area (Å²) in [5, 5.41) is 10.7. The van der Waals surface area contributed by atoms with Gasteiger partial charge in [-0.3, -0.25) is 14.9 Å². The average molecular weight is 279 g/mol. The second-order valence-corrected chi connectivity index (χ2v) is 5.06. The normalized spacial score (nSPS) is 11.9. The number of nitrogens with two attached hydrogens (primary N) is 1. The number of nitro benzene ring substituents is 1. The lowest BCUT2D eigenvalue weighted by atomic mass is 10.1. The molecule has 0 radical (unpaired) electrons. The van der Waals surface area contributed by atoms with Crippen molar-refractivity contribution in [2.24, 2.45) is 11.7 Å². The maximum Gasteiger partial charge on any atom is 0.269 e. The molecule has 6 nitrogen and oxygen atoms in total. The molecule has 1 aromatic carbocycles. The van der Waals surface area contributed by atoms with Crippen molar-refractivity contribution < 1.29 is 9.72 Å². The molecule has 0 saturated heterocycles. The summed E-state index contributed by atoms with van der Waals surface area (Å²) in [5.74, 6) is 0.349. The topological polar surface area (TPSA) is 89.5 Å². The Hall–Kier alpha value is -1.95. The van der Waals surface area contributed by atoms with E-state index >= 15 is 0 Å².